The number of rotatable bonds is 7. The Kier molecular flexibility index (Phi) is 6.50. The third-order valence-electron chi connectivity index (χ3n) is 3.60. The van der Waals surface area contributed by atoms with E-state index in [1.807, 2.05) is 43.5 Å². The first-order valence-electron chi connectivity index (χ1n) is 7.73. The van der Waals surface area contributed by atoms with Crippen LogP contribution >= 0.6 is 11.8 Å². The number of nitrogens with zero attached hydrogens (tertiary/aromatic N) is 1. The van der Waals surface area contributed by atoms with E-state index < -0.39 is 10.0 Å². The lowest BCUT2D eigenvalue weighted by Gasteiger charge is -2.22. The molecule has 2 rings (SSSR count). The zero-order valence-corrected chi connectivity index (χ0v) is 16.2. The van der Waals surface area contributed by atoms with Gasteiger partial charge in [-0.3, -0.25) is 9.10 Å². The number of benzene rings is 2. The van der Waals surface area contributed by atoms with Crippen LogP contribution in [0.1, 0.15) is 11.1 Å². The van der Waals surface area contributed by atoms with Gasteiger partial charge in [0, 0.05) is 11.4 Å². The van der Waals surface area contributed by atoms with Crippen LogP contribution < -0.4 is 9.62 Å². The maximum Gasteiger partial charge on any atom is 0.241 e. The molecule has 0 aromatic heterocycles. The third kappa shape index (κ3) is 5.79. The van der Waals surface area contributed by atoms with Gasteiger partial charge in [0.05, 0.1) is 11.9 Å². The van der Waals surface area contributed by atoms with E-state index in [1.54, 1.807) is 18.2 Å². The summed E-state index contributed by atoms with van der Waals surface area (Å²) >= 11 is 1.52. The lowest BCUT2D eigenvalue weighted by Crippen LogP contribution is -2.40. The molecular weight excluding hydrogens is 356 g/mol. The maximum atomic E-state index is 12.3. The molecule has 0 atom stereocenters. The molecule has 0 aliphatic rings. The summed E-state index contributed by atoms with van der Waals surface area (Å²) in [6.07, 6.45) is 3.02. The average Bonchev–Trinajstić information content (AvgIpc) is 2.57. The predicted molar refractivity (Wildman–Crippen MR) is 103 cm³/mol. The summed E-state index contributed by atoms with van der Waals surface area (Å²) in [4.78, 5) is 13.2. The van der Waals surface area contributed by atoms with Gasteiger partial charge in [-0.05, 0) is 36.9 Å². The number of carbonyl (C=O) groups excluding carboxylic acids is 1. The van der Waals surface area contributed by atoms with E-state index in [0.717, 1.165) is 26.6 Å². The van der Waals surface area contributed by atoms with E-state index in [9.17, 15) is 13.2 Å². The summed E-state index contributed by atoms with van der Waals surface area (Å²) in [5, 5.41) is 2.78. The number of thioether (sulfide) groups is 1. The Bertz CT molecular complexity index is 851. The number of amides is 1. The van der Waals surface area contributed by atoms with E-state index >= 15 is 0 Å². The number of aryl methyl sites for hydroxylation is 1. The number of hydrogen-bond donors (Lipinski definition) is 1. The SMILES string of the molecule is CSc1cccc(N(CC(=O)NCc2cccc(C)c2)S(C)(=O)=O)c1. The van der Waals surface area contributed by atoms with Crippen molar-refractivity contribution in [2.24, 2.45) is 0 Å². The number of anilines is 1. The van der Waals surface area contributed by atoms with E-state index in [1.165, 1.54) is 11.8 Å². The minimum absolute atomic E-state index is 0.248. The van der Waals surface area contributed by atoms with Gasteiger partial charge in [0.2, 0.25) is 15.9 Å². The highest BCUT2D eigenvalue weighted by molar-refractivity contribution is 7.98. The molecule has 0 saturated carbocycles. The molecule has 2 aromatic rings. The second-order valence-electron chi connectivity index (χ2n) is 5.74. The molecule has 0 radical (unpaired) electrons. The summed E-state index contributed by atoms with van der Waals surface area (Å²) in [6.45, 7) is 2.10. The Hall–Kier alpha value is -1.99. The first-order chi connectivity index (χ1) is 11.8. The third-order valence-corrected chi connectivity index (χ3v) is 5.47. The van der Waals surface area contributed by atoms with Crippen LogP contribution in [0.3, 0.4) is 0 Å². The molecule has 0 unspecified atom stereocenters. The van der Waals surface area contributed by atoms with Crippen molar-refractivity contribution in [1.29, 1.82) is 0 Å². The monoisotopic (exact) mass is 378 g/mol. The molecule has 0 aliphatic carbocycles. The highest BCUT2D eigenvalue weighted by Gasteiger charge is 2.21. The summed E-state index contributed by atoms with van der Waals surface area (Å²) < 4.78 is 25.4. The van der Waals surface area contributed by atoms with Gasteiger partial charge >= 0.3 is 0 Å². The highest BCUT2D eigenvalue weighted by Crippen LogP contribution is 2.23. The van der Waals surface area contributed by atoms with Crippen LogP contribution in [-0.2, 0) is 21.4 Å². The first-order valence-corrected chi connectivity index (χ1v) is 10.8. The minimum Gasteiger partial charge on any atom is -0.350 e. The zero-order chi connectivity index (χ0) is 18.4. The van der Waals surface area contributed by atoms with Gasteiger partial charge in [-0.1, -0.05) is 35.9 Å². The summed E-state index contributed by atoms with van der Waals surface area (Å²) in [7, 11) is -3.56. The van der Waals surface area contributed by atoms with Crippen molar-refractivity contribution in [3.8, 4) is 0 Å². The summed E-state index contributed by atoms with van der Waals surface area (Å²) in [5.41, 5.74) is 2.57. The Labute approximate surface area is 153 Å². The van der Waals surface area contributed by atoms with Crippen molar-refractivity contribution in [2.45, 2.75) is 18.4 Å². The zero-order valence-electron chi connectivity index (χ0n) is 14.5. The Morgan fingerprint density at radius 2 is 1.88 bits per heavy atom. The number of carbonyl (C=O) groups is 1. The molecule has 0 fully saturated rings. The van der Waals surface area contributed by atoms with Crippen LogP contribution in [0.4, 0.5) is 5.69 Å². The molecule has 0 spiro atoms. The minimum atomic E-state index is -3.56. The first kappa shape index (κ1) is 19.3. The van der Waals surface area contributed by atoms with Crippen molar-refractivity contribution >= 4 is 33.4 Å². The lowest BCUT2D eigenvalue weighted by molar-refractivity contribution is -0.119. The van der Waals surface area contributed by atoms with Gasteiger partial charge in [-0.15, -0.1) is 11.8 Å². The molecule has 0 bridgehead atoms. The van der Waals surface area contributed by atoms with Gasteiger partial charge in [-0.2, -0.15) is 0 Å². The van der Waals surface area contributed by atoms with Crippen LogP contribution in [0.5, 0.6) is 0 Å². The van der Waals surface area contributed by atoms with E-state index in [4.69, 9.17) is 0 Å². The molecular formula is C18H22N2O3S2. The molecule has 1 N–H and O–H groups in total. The molecule has 0 aliphatic heterocycles. The number of nitrogens with one attached hydrogen (secondary N) is 1. The molecule has 1 amide bonds. The average molecular weight is 379 g/mol. The number of hydrogen-bond acceptors (Lipinski definition) is 4. The van der Waals surface area contributed by atoms with Gasteiger partial charge < -0.3 is 5.32 Å². The second-order valence-corrected chi connectivity index (χ2v) is 8.52. The van der Waals surface area contributed by atoms with Crippen molar-refractivity contribution < 1.29 is 13.2 Å². The summed E-state index contributed by atoms with van der Waals surface area (Å²) in [6, 6.07) is 14.9. The standard InChI is InChI=1S/C18H22N2O3S2/c1-14-6-4-7-15(10-14)12-19-18(21)13-20(25(3,22)23)16-8-5-9-17(11-16)24-2/h4-11H,12-13H2,1-3H3,(H,19,21). The fourth-order valence-electron chi connectivity index (χ4n) is 2.37. The van der Waals surface area contributed by atoms with Crippen molar-refractivity contribution in [1.82, 2.24) is 5.32 Å². The predicted octanol–water partition coefficient (Wildman–Crippen LogP) is 2.80. The summed E-state index contributed by atoms with van der Waals surface area (Å²) in [5.74, 6) is -0.346. The smallest absolute Gasteiger partial charge is 0.241 e. The van der Waals surface area contributed by atoms with E-state index in [2.05, 4.69) is 5.32 Å². The fourth-order valence-corrected chi connectivity index (χ4v) is 3.68. The highest BCUT2D eigenvalue weighted by atomic mass is 32.2. The Balaban J connectivity index is 2.10. The Morgan fingerprint density at radius 3 is 2.52 bits per heavy atom. The molecule has 2 aromatic carbocycles. The van der Waals surface area contributed by atoms with Crippen molar-refractivity contribution in [3.05, 3.63) is 59.7 Å². The van der Waals surface area contributed by atoms with Crippen LogP contribution in [-0.4, -0.2) is 33.4 Å². The number of sulfonamides is 1. The quantitative estimate of drug-likeness (QED) is 0.753. The second kappa shape index (κ2) is 8.40. The molecule has 7 heteroatoms. The van der Waals surface area contributed by atoms with Crippen LogP contribution in [0, 0.1) is 6.92 Å². The fraction of sp³-hybridized carbons (Fsp3) is 0.278. The van der Waals surface area contributed by atoms with E-state index in [-0.39, 0.29) is 12.5 Å². The van der Waals surface area contributed by atoms with Gasteiger partial charge in [0.1, 0.15) is 6.54 Å². The van der Waals surface area contributed by atoms with Gasteiger partial charge in [-0.25, -0.2) is 8.42 Å². The van der Waals surface area contributed by atoms with Crippen molar-refractivity contribution in [3.63, 3.8) is 0 Å². The molecule has 134 valence electrons. The molecule has 5 nitrogen and oxygen atoms in total. The van der Waals surface area contributed by atoms with E-state index in [0.29, 0.717) is 12.2 Å². The van der Waals surface area contributed by atoms with Gasteiger partial charge in [0.15, 0.2) is 0 Å². The van der Waals surface area contributed by atoms with Gasteiger partial charge in [0.25, 0.3) is 0 Å². The van der Waals surface area contributed by atoms with Crippen LogP contribution in [0.2, 0.25) is 0 Å². The van der Waals surface area contributed by atoms with Crippen LogP contribution in [0.15, 0.2) is 53.4 Å². The maximum absolute atomic E-state index is 12.3. The Morgan fingerprint density at radius 1 is 1.16 bits per heavy atom. The molecule has 25 heavy (non-hydrogen) atoms. The molecule has 0 saturated heterocycles. The largest absolute Gasteiger partial charge is 0.350 e. The normalized spacial score (nSPS) is 11.2. The van der Waals surface area contributed by atoms with Crippen LogP contribution in [0.25, 0.3) is 0 Å². The topological polar surface area (TPSA) is 66.5 Å². The van der Waals surface area contributed by atoms with Crippen molar-refractivity contribution in [2.75, 3.05) is 23.4 Å². The lowest BCUT2D eigenvalue weighted by atomic mass is 10.1. The molecule has 0 heterocycles.